The molecule has 2 rings (SSSR count). The molecule has 0 aromatic heterocycles. The van der Waals surface area contributed by atoms with Crippen LogP contribution in [0.3, 0.4) is 0 Å². The van der Waals surface area contributed by atoms with Gasteiger partial charge in [0.1, 0.15) is 0 Å². The summed E-state index contributed by atoms with van der Waals surface area (Å²) in [6.07, 6.45) is 0. The van der Waals surface area contributed by atoms with Crippen molar-refractivity contribution in [3.8, 4) is 0 Å². The number of amides is 1. The highest BCUT2D eigenvalue weighted by Crippen LogP contribution is 2.23. The van der Waals surface area contributed by atoms with E-state index >= 15 is 0 Å². The molecular formula is C14H10Cl2INO. The number of anilines is 1. The van der Waals surface area contributed by atoms with Crippen LogP contribution in [-0.2, 0) is 0 Å². The van der Waals surface area contributed by atoms with Gasteiger partial charge < -0.3 is 5.32 Å². The number of carbonyl (C=O) groups is 1. The Labute approximate surface area is 135 Å². The lowest BCUT2D eigenvalue weighted by molar-refractivity contribution is 0.102. The summed E-state index contributed by atoms with van der Waals surface area (Å²) in [5.74, 6) is -0.271. The molecule has 1 N–H and O–H groups in total. The van der Waals surface area contributed by atoms with Crippen LogP contribution in [0.15, 0.2) is 36.4 Å². The second-order valence-electron chi connectivity index (χ2n) is 4.04. The average Bonchev–Trinajstić information content (AvgIpc) is 2.36. The van der Waals surface area contributed by atoms with E-state index in [1.807, 2.05) is 25.1 Å². The quantitative estimate of drug-likeness (QED) is 0.687. The minimum absolute atomic E-state index is 0.271. The number of carbonyl (C=O) groups excluding carboxylic acids is 1. The van der Waals surface area contributed by atoms with E-state index in [-0.39, 0.29) is 5.91 Å². The van der Waals surface area contributed by atoms with Crippen LogP contribution in [0.1, 0.15) is 15.9 Å². The lowest BCUT2D eigenvalue weighted by atomic mass is 10.2. The summed E-state index contributed by atoms with van der Waals surface area (Å²) in [4.78, 5) is 12.1. The Bertz CT molecular complexity index is 643. The van der Waals surface area contributed by atoms with Gasteiger partial charge in [-0.15, -0.1) is 0 Å². The molecular weight excluding hydrogens is 396 g/mol. The Kier molecular flexibility index (Phi) is 4.71. The maximum absolute atomic E-state index is 12.1. The molecule has 0 spiro atoms. The van der Waals surface area contributed by atoms with Crippen molar-refractivity contribution in [2.45, 2.75) is 6.92 Å². The fourth-order valence-corrected chi connectivity index (χ4v) is 2.43. The molecule has 0 heterocycles. The minimum atomic E-state index is -0.271. The number of benzene rings is 2. The number of rotatable bonds is 2. The summed E-state index contributed by atoms with van der Waals surface area (Å²) in [6, 6.07) is 10.5. The SMILES string of the molecule is Cc1ccc(NC(=O)c2cc(Cl)ccc2Cl)cc1I. The minimum Gasteiger partial charge on any atom is -0.322 e. The zero-order valence-electron chi connectivity index (χ0n) is 10.0. The highest BCUT2D eigenvalue weighted by molar-refractivity contribution is 14.1. The lowest BCUT2D eigenvalue weighted by Crippen LogP contribution is -2.12. The van der Waals surface area contributed by atoms with E-state index in [9.17, 15) is 4.79 Å². The molecule has 0 saturated carbocycles. The summed E-state index contributed by atoms with van der Waals surface area (Å²) >= 11 is 14.1. The van der Waals surface area contributed by atoms with Crippen LogP contribution in [0.2, 0.25) is 10.0 Å². The molecule has 2 aromatic carbocycles. The van der Waals surface area contributed by atoms with Crippen molar-refractivity contribution in [3.05, 3.63) is 61.1 Å². The average molecular weight is 406 g/mol. The standard InChI is InChI=1S/C14H10Cl2INO/c1-8-2-4-10(7-13(8)17)18-14(19)11-6-9(15)3-5-12(11)16/h2-7H,1H3,(H,18,19). The molecule has 19 heavy (non-hydrogen) atoms. The van der Waals surface area contributed by atoms with Gasteiger partial charge in [-0.1, -0.05) is 29.3 Å². The highest BCUT2D eigenvalue weighted by atomic mass is 127. The monoisotopic (exact) mass is 405 g/mol. The molecule has 98 valence electrons. The molecule has 0 saturated heterocycles. The number of hydrogen-bond acceptors (Lipinski definition) is 1. The summed E-state index contributed by atoms with van der Waals surface area (Å²) in [5, 5.41) is 3.67. The molecule has 0 fully saturated rings. The van der Waals surface area contributed by atoms with Gasteiger partial charge in [0.15, 0.2) is 0 Å². The first-order valence-corrected chi connectivity index (χ1v) is 7.33. The van der Waals surface area contributed by atoms with Gasteiger partial charge in [0, 0.05) is 14.3 Å². The smallest absolute Gasteiger partial charge is 0.257 e. The van der Waals surface area contributed by atoms with Crippen molar-refractivity contribution >= 4 is 57.4 Å². The summed E-state index contributed by atoms with van der Waals surface area (Å²) in [6.45, 7) is 2.02. The first-order chi connectivity index (χ1) is 8.97. The Morgan fingerprint density at radius 1 is 1.16 bits per heavy atom. The van der Waals surface area contributed by atoms with E-state index in [0.29, 0.717) is 15.6 Å². The molecule has 5 heteroatoms. The van der Waals surface area contributed by atoms with Crippen molar-refractivity contribution in [2.24, 2.45) is 0 Å². The normalized spacial score (nSPS) is 10.3. The van der Waals surface area contributed by atoms with E-state index < -0.39 is 0 Å². The van der Waals surface area contributed by atoms with Crippen LogP contribution in [0.5, 0.6) is 0 Å². The van der Waals surface area contributed by atoms with E-state index in [2.05, 4.69) is 27.9 Å². The molecule has 0 bridgehead atoms. The fourth-order valence-electron chi connectivity index (χ4n) is 1.54. The van der Waals surface area contributed by atoms with Crippen LogP contribution in [-0.4, -0.2) is 5.91 Å². The number of nitrogens with one attached hydrogen (secondary N) is 1. The highest BCUT2D eigenvalue weighted by Gasteiger charge is 2.11. The van der Waals surface area contributed by atoms with E-state index in [1.165, 1.54) is 5.56 Å². The summed E-state index contributed by atoms with van der Waals surface area (Å²) in [5.41, 5.74) is 2.26. The van der Waals surface area contributed by atoms with Crippen LogP contribution >= 0.6 is 45.8 Å². The van der Waals surface area contributed by atoms with Gasteiger partial charge in [-0.05, 0) is 65.4 Å². The molecule has 0 aliphatic carbocycles. The predicted octanol–water partition coefficient (Wildman–Crippen LogP) is 5.16. The maximum Gasteiger partial charge on any atom is 0.257 e. The molecule has 1 amide bonds. The van der Waals surface area contributed by atoms with Crippen LogP contribution < -0.4 is 5.32 Å². The molecule has 0 atom stereocenters. The van der Waals surface area contributed by atoms with Gasteiger partial charge in [0.25, 0.3) is 5.91 Å². The van der Waals surface area contributed by atoms with Gasteiger partial charge in [-0.3, -0.25) is 4.79 Å². The Hall–Kier alpha value is -0.780. The van der Waals surface area contributed by atoms with Gasteiger partial charge in [0.2, 0.25) is 0 Å². The largest absolute Gasteiger partial charge is 0.322 e. The zero-order valence-corrected chi connectivity index (χ0v) is 13.7. The van der Waals surface area contributed by atoms with Crippen molar-refractivity contribution in [3.63, 3.8) is 0 Å². The van der Waals surface area contributed by atoms with Crippen LogP contribution in [0.4, 0.5) is 5.69 Å². The lowest BCUT2D eigenvalue weighted by Gasteiger charge is -2.08. The summed E-state index contributed by atoms with van der Waals surface area (Å²) < 4.78 is 1.09. The van der Waals surface area contributed by atoms with Gasteiger partial charge in [-0.2, -0.15) is 0 Å². The molecule has 0 unspecified atom stereocenters. The van der Waals surface area contributed by atoms with Crippen molar-refractivity contribution < 1.29 is 4.79 Å². The van der Waals surface area contributed by atoms with E-state index in [4.69, 9.17) is 23.2 Å². The first kappa shape index (κ1) is 14.6. The van der Waals surface area contributed by atoms with Crippen molar-refractivity contribution in [1.82, 2.24) is 0 Å². The summed E-state index contributed by atoms with van der Waals surface area (Å²) in [7, 11) is 0. The third-order valence-electron chi connectivity index (χ3n) is 2.60. The Morgan fingerprint density at radius 3 is 2.58 bits per heavy atom. The van der Waals surface area contributed by atoms with Gasteiger partial charge >= 0.3 is 0 Å². The van der Waals surface area contributed by atoms with E-state index in [0.717, 1.165) is 9.26 Å². The van der Waals surface area contributed by atoms with Gasteiger partial charge in [-0.25, -0.2) is 0 Å². The van der Waals surface area contributed by atoms with Crippen molar-refractivity contribution in [2.75, 3.05) is 5.32 Å². The molecule has 0 radical (unpaired) electrons. The molecule has 0 aliphatic heterocycles. The predicted molar refractivity (Wildman–Crippen MR) is 88.3 cm³/mol. The second-order valence-corrected chi connectivity index (χ2v) is 6.05. The molecule has 2 nitrogen and oxygen atoms in total. The van der Waals surface area contributed by atoms with Crippen molar-refractivity contribution in [1.29, 1.82) is 0 Å². The van der Waals surface area contributed by atoms with Gasteiger partial charge in [0.05, 0.1) is 10.6 Å². The second kappa shape index (κ2) is 6.11. The third kappa shape index (κ3) is 3.61. The number of hydrogen-bond donors (Lipinski definition) is 1. The maximum atomic E-state index is 12.1. The molecule has 0 aliphatic rings. The third-order valence-corrected chi connectivity index (χ3v) is 4.33. The number of aryl methyl sites for hydroxylation is 1. The van der Waals surface area contributed by atoms with Crippen LogP contribution in [0, 0.1) is 10.5 Å². The number of halogens is 3. The fraction of sp³-hybridized carbons (Fsp3) is 0.0714. The van der Waals surface area contributed by atoms with E-state index in [1.54, 1.807) is 18.2 Å². The Balaban J connectivity index is 2.25. The topological polar surface area (TPSA) is 29.1 Å². The Morgan fingerprint density at radius 2 is 1.89 bits per heavy atom. The van der Waals surface area contributed by atoms with Crippen LogP contribution in [0.25, 0.3) is 0 Å². The zero-order chi connectivity index (χ0) is 14.0. The first-order valence-electron chi connectivity index (χ1n) is 5.50. The molecule has 2 aromatic rings.